The fraction of sp³-hybridized carbons (Fsp3) is 0.611. The summed E-state index contributed by atoms with van der Waals surface area (Å²) >= 11 is 0. The van der Waals surface area contributed by atoms with E-state index in [-0.39, 0.29) is 0 Å². The Morgan fingerprint density at radius 2 is 2.10 bits per heavy atom. The molecule has 1 aromatic rings. The van der Waals surface area contributed by atoms with Gasteiger partial charge in [-0.25, -0.2) is 0 Å². The van der Waals surface area contributed by atoms with Crippen molar-refractivity contribution in [3.05, 3.63) is 35.9 Å². The van der Waals surface area contributed by atoms with Crippen LogP contribution in [-0.4, -0.2) is 31.1 Å². The van der Waals surface area contributed by atoms with Crippen LogP contribution in [0.5, 0.6) is 0 Å². The summed E-state index contributed by atoms with van der Waals surface area (Å²) < 4.78 is 0. The van der Waals surface area contributed by atoms with Gasteiger partial charge in [0.2, 0.25) is 0 Å². The van der Waals surface area contributed by atoms with E-state index in [4.69, 9.17) is 0 Å². The smallest absolute Gasteiger partial charge is 0.133 e. The topological polar surface area (TPSA) is 39.1 Å². The highest BCUT2D eigenvalue weighted by Crippen LogP contribution is 2.28. The van der Waals surface area contributed by atoms with E-state index in [0.717, 1.165) is 18.5 Å². The van der Waals surface area contributed by atoms with Gasteiger partial charge in [-0.05, 0) is 44.3 Å². The average molecular weight is 285 g/mol. The van der Waals surface area contributed by atoms with Gasteiger partial charge < -0.3 is 4.90 Å². The Balaban J connectivity index is 2.09. The van der Waals surface area contributed by atoms with E-state index in [9.17, 15) is 5.26 Å². The number of hydrogen-bond donors (Lipinski definition) is 1. The molecule has 0 aliphatic carbocycles. The van der Waals surface area contributed by atoms with Crippen molar-refractivity contribution < 1.29 is 0 Å². The summed E-state index contributed by atoms with van der Waals surface area (Å²) in [5.41, 5.74) is 0.487. The van der Waals surface area contributed by atoms with Gasteiger partial charge in [0.15, 0.2) is 0 Å². The molecule has 1 aliphatic heterocycles. The molecule has 21 heavy (non-hydrogen) atoms. The highest BCUT2D eigenvalue weighted by molar-refractivity contribution is 5.31. The zero-order chi connectivity index (χ0) is 15.3. The van der Waals surface area contributed by atoms with Crippen LogP contribution in [0.15, 0.2) is 30.3 Å². The van der Waals surface area contributed by atoms with Gasteiger partial charge in [-0.2, -0.15) is 5.26 Å². The minimum absolute atomic E-state index is 0.578. The predicted molar refractivity (Wildman–Crippen MR) is 86.8 cm³/mol. The molecule has 1 heterocycles. The van der Waals surface area contributed by atoms with Gasteiger partial charge in [0, 0.05) is 12.6 Å². The first-order chi connectivity index (χ1) is 10.1. The van der Waals surface area contributed by atoms with Crippen molar-refractivity contribution in [2.75, 3.05) is 20.1 Å². The maximum atomic E-state index is 9.75. The first-order valence-corrected chi connectivity index (χ1v) is 8.02. The number of benzene rings is 1. The van der Waals surface area contributed by atoms with Gasteiger partial charge in [0.05, 0.1) is 6.07 Å². The monoisotopic (exact) mass is 285 g/mol. The van der Waals surface area contributed by atoms with E-state index in [2.05, 4.69) is 30.1 Å². The molecule has 0 radical (unpaired) electrons. The molecule has 0 saturated carbocycles. The summed E-state index contributed by atoms with van der Waals surface area (Å²) in [7, 11) is 1.89. The molecule has 1 N–H and O–H groups in total. The third-order valence-corrected chi connectivity index (χ3v) is 4.84. The number of hydrogen-bond acceptors (Lipinski definition) is 3. The number of nitrogens with zero attached hydrogens (tertiary/aromatic N) is 2. The van der Waals surface area contributed by atoms with Crippen LogP contribution in [0.3, 0.4) is 0 Å². The first kappa shape index (κ1) is 16.0. The van der Waals surface area contributed by atoms with Gasteiger partial charge in [-0.3, -0.25) is 5.32 Å². The number of nitrogens with one attached hydrogen (secondary N) is 1. The molecule has 0 bridgehead atoms. The first-order valence-electron chi connectivity index (χ1n) is 8.02. The van der Waals surface area contributed by atoms with Crippen LogP contribution in [0.1, 0.15) is 38.7 Å². The van der Waals surface area contributed by atoms with Crippen molar-refractivity contribution in [1.82, 2.24) is 10.2 Å². The Morgan fingerprint density at radius 3 is 2.67 bits per heavy atom. The van der Waals surface area contributed by atoms with Gasteiger partial charge in [-0.1, -0.05) is 44.2 Å². The van der Waals surface area contributed by atoms with Gasteiger partial charge >= 0.3 is 0 Å². The number of likely N-dealkylation sites (tertiary alicyclic amines) is 1. The predicted octanol–water partition coefficient (Wildman–Crippen LogP) is 3.14. The molecule has 1 saturated heterocycles. The van der Waals surface area contributed by atoms with Crippen molar-refractivity contribution in [3.8, 4) is 6.07 Å². The van der Waals surface area contributed by atoms with E-state index in [1.807, 2.05) is 37.4 Å². The third-order valence-electron chi connectivity index (χ3n) is 4.84. The number of rotatable bonds is 6. The molecular weight excluding hydrogens is 258 g/mol. The van der Waals surface area contributed by atoms with Crippen LogP contribution in [0, 0.1) is 17.2 Å². The molecular formula is C18H27N3. The summed E-state index contributed by atoms with van der Waals surface area (Å²) in [4.78, 5) is 2.57. The lowest BCUT2D eigenvalue weighted by molar-refractivity contribution is 0.189. The van der Waals surface area contributed by atoms with Crippen LogP contribution in [0.2, 0.25) is 0 Å². The second-order valence-corrected chi connectivity index (χ2v) is 6.37. The molecule has 2 atom stereocenters. The van der Waals surface area contributed by atoms with Gasteiger partial charge in [0.1, 0.15) is 5.54 Å². The Bertz CT molecular complexity index is 477. The lowest BCUT2D eigenvalue weighted by atomic mass is 9.87. The molecule has 0 aromatic heterocycles. The molecule has 1 aliphatic rings. The molecule has 3 heteroatoms. The van der Waals surface area contributed by atoms with Crippen LogP contribution in [0.25, 0.3) is 0 Å². The summed E-state index contributed by atoms with van der Waals surface area (Å²) in [6.45, 7) is 6.75. The molecule has 114 valence electrons. The second kappa shape index (κ2) is 7.06. The molecule has 0 amide bonds. The summed E-state index contributed by atoms with van der Waals surface area (Å²) in [5, 5.41) is 13.0. The van der Waals surface area contributed by atoms with Crippen molar-refractivity contribution in [2.45, 2.75) is 44.7 Å². The zero-order valence-corrected chi connectivity index (χ0v) is 13.5. The lowest BCUT2D eigenvalue weighted by Crippen LogP contribution is -2.43. The summed E-state index contributed by atoms with van der Waals surface area (Å²) in [6.07, 6.45) is 3.41. The third kappa shape index (κ3) is 3.45. The molecule has 0 spiro atoms. The largest absolute Gasteiger partial charge is 0.300 e. The van der Waals surface area contributed by atoms with Gasteiger partial charge in [0.25, 0.3) is 0 Å². The van der Waals surface area contributed by atoms with Crippen LogP contribution in [0.4, 0.5) is 0 Å². The van der Waals surface area contributed by atoms with Gasteiger partial charge in [-0.15, -0.1) is 0 Å². The van der Waals surface area contributed by atoms with Crippen LogP contribution in [-0.2, 0) is 5.54 Å². The van der Waals surface area contributed by atoms with Crippen molar-refractivity contribution >= 4 is 0 Å². The normalized spacial score (nSPS) is 22.1. The minimum Gasteiger partial charge on any atom is -0.300 e. The molecule has 1 fully saturated rings. The second-order valence-electron chi connectivity index (χ2n) is 6.37. The average Bonchev–Trinajstić information content (AvgIpc) is 2.99. The van der Waals surface area contributed by atoms with E-state index in [0.29, 0.717) is 12.0 Å². The quantitative estimate of drug-likeness (QED) is 0.873. The van der Waals surface area contributed by atoms with E-state index >= 15 is 0 Å². The number of nitriles is 1. The Morgan fingerprint density at radius 1 is 1.38 bits per heavy atom. The maximum Gasteiger partial charge on any atom is 0.133 e. The minimum atomic E-state index is -0.578. The van der Waals surface area contributed by atoms with E-state index in [1.54, 1.807) is 0 Å². The highest BCUT2D eigenvalue weighted by Gasteiger charge is 2.33. The molecule has 1 aromatic carbocycles. The van der Waals surface area contributed by atoms with Crippen LogP contribution >= 0.6 is 0 Å². The fourth-order valence-electron chi connectivity index (χ4n) is 3.51. The molecule has 2 unspecified atom stereocenters. The molecule has 2 rings (SSSR count). The standard InChI is InChI=1S/C18H27N3/c1-15(2)17-10-7-12-21(17)13-11-18(14-19,20-3)16-8-5-4-6-9-16/h4-6,8-9,15,17,20H,7,10-13H2,1-3H3. The fourth-order valence-corrected chi connectivity index (χ4v) is 3.51. The summed E-state index contributed by atoms with van der Waals surface area (Å²) in [5.74, 6) is 0.690. The SMILES string of the molecule is CNC(C#N)(CCN1CCCC1C(C)C)c1ccccc1. The molecule has 3 nitrogen and oxygen atoms in total. The summed E-state index contributed by atoms with van der Waals surface area (Å²) in [6, 6.07) is 13.3. The Kier molecular flexibility index (Phi) is 5.39. The van der Waals surface area contributed by atoms with Crippen molar-refractivity contribution in [1.29, 1.82) is 5.26 Å². The lowest BCUT2D eigenvalue weighted by Gasteiger charge is -2.32. The van der Waals surface area contributed by atoms with Crippen molar-refractivity contribution in [3.63, 3.8) is 0 Å². The highest BCUT2D eigenvalue weighted by atomic mass is 15.2. The Labute approximate surface area is 129 Å². The maximum absolute atomic E-state index is 9.75. The zero-order valence-electron chi connectivity index (χ0n) is 13.5. The Hall–Kier alpha value is -1.37. The van der Waals surface area contributed by atoms with Crippen LogP contribution < -0.4 is 5.32 Å². The van der Waals surface area contributed by atoms with E-state index in [1.165, 1.54) is 19.4 Å². The van der Waals surface area contributed by atoms with E-state index < -0.39 is 5.54 Å². The van der Waals surface area contributed by atoms with Crippen molar-refractivity contribution in [2.24, 2.45) is 5.92 Å².